The van der Waals surface area contributed by atoms with Gasteiger partial charge in [0.2, 0.25) is 0 Å². The summed E-state index contributed by atoms with van der Waals surface area (Å²) in [4.78, 5) is 16.4. The SMILES string of the molecule is CC(C)c1cc(C(C)C)c(-c2ccc(-c3cc(-c4[c-]c5ccccc5c(C(C)(C)C)c4)ncc3C#N)cc2)c(C(C)C)c1.CCC(CC)C(=O)/C=C(\O)C(CC)CC.[Ir]. The van der Waals surface area contributed by atoms with Gasteiger partial charge in [-0.15, -0.1) is 29.1 Å². The fourth-order valence-corrected chi connectivity index (χ4v) is 7.80. The first-order chi connectivity index (χ1) is 27.5. The molecule has 0 saturated heterocycles. The van der Waals surface area contributed by atoms with E-state index >= 15 is 0 Å². The van der Waals surface area contributed by atoms with Crippen LogP contribution in [-0.4, -0.2) is 15.9 Å². The molecule has 315 valence electrons. The van der Waals surface area contributed by atoms with Crippen LogP contribution in [0.15, 0.2) is 90.8 Å². The van der Waals surface area contributed by atoms with Gasteiger partial charge in [0.05, 0.1) is 11.3 Å². The van der Waals surface area contributed by atoms with Gasteiger partial charge >= 0.3 is 0 Å². The summed E-state index contributed by atoms with van der Waals surface area (Å²) in [5.41, 5.74) is 12.2. The number of carbonyl (C=O) groups excluding carboxylic acids is 1. The molecule has 5 rings (SSSR count). The molecule has 0 spiro atoms. The Morgan fingerprint density at radius 2 is 1.32 bits per heavy atom. The van der Waals surface area contributed by atoms with Crippen molar-refractivity contribution in [1.29, 1.82) is 5.26 Å². The van der Waals surface area contributed by atoms with Crippen LogP contribution in [0.1, 0.15) is 161 Å². The second kappa shape index (κ2) is 21.8. The van der Waals surface area contributed by atoms with Crippen molar-refractivity contribution < 1.29 is 30.0 Å². The number of benzene rings is 4. The molecule has 4 nitrogen and oxygen atoms in total. The monoisotopic (exact) mass is 968 g/mol. The van der Waals surface area contributed by atoms with E-state index in [1.54, 1.807) is 6.20 Å². The summed E-state index contributed by atoms with van der Waals surface area (Å²) in [6, 6.07) is 32.2. The minimum Gasteiger partial charge on any atom is -0.512 e. The summed E-state index contributed by atoms with van der Waals surface area (Å²) in [6.07, 6.45) is 6.61. The van der Waals surface area contributed by atoms with Gasteiger partial charge in [-0.1, -0.05) is 162 Å². The number of ketones is 1. The molecule has 1 radical (unpaired) electrons. The summed E-state index contributed by atoms with van der Waals surface area (Å²) in [6.45, 7) is 28.5. The van der Waals surface area contributed by atoms with Crippen molar-refractivity contribution >= 4 is 16.6 Å². The van der Waals surface area contributed by atoms with Gasteiger partial charge in [0, 0.05) is 49.9 Å². The molecule has 1 aromatic heterocycles. The van der Waals surface area contributed by atoms with Crippen molar-refractivity contribution in [3.8, 4) is 39.6 Å². The zero-order valence-corrected chi connectivity index (χ0v) is 40.3. The van der Waals surface area contributed by atoms with E-state index in [1.807, 2.05) is 27.7 Å². The second-order valence-corrected chi connectivity index (χ2v) is 17.7. The summed E-state index contributed by atoms with van der Waals surface area (Å²) in [5.74, 6) is 1.85. The van der Waals surface area contributed by atoms with Crippen LogP contribution in [0.25, 0.3) is 44.3 Å². The Labute approximate surface area is 370 Å². The van der Waals surface area contributed by atoms with Crippen molar-refractivity contribution in [3.05, 3.63) is 125 Å². The van der Waals surface area contributed by atoms with Crippen LogP contribution in [0, 0.1) is 29.2 Å². The maximum atomic E-state index is 11.7. The Hall–Kier alpha value is -4.36. The van der Waals surface area contributed by atoms with Crippen molar-refractivity contribution in [3.63, 3.8) is 0 Å². The van der Waals surface area contributed by atoms with Gasteiger partial charge in [-0.2, -0.15) is 5.26 Å². The first-order valence-electron chi connectivity index (χ1n) is 21.6. The summed E-state index contributed by atoms with van der Waals surface area (Å²) in [5, 5.41) is 22.1. The topological polar surface area (TPSA) is 74.0 Å². The molecule has 0 unspecified atom stereocenters. The Morgan fingerprint density at radius 1 is 0.780 bits per heavy atom. The molecule has 1 heterocycles. The third-order valence-electron chi connectivity index (χ3n) is 11.6. The fraction of sp³-hybridized carbons (Fsp3) is 0.426. The summed E-state index contributed by atoms with van der Waals surface area (Å²) in [7, 11) is 0. The van der Waals surface area contributed by atoms with Gasteiger partial charge in [0.25, 0.3) is 0 Å². The van der Waals surface area contributed by atoms with Gasteiger partial charge in [0.1, 0.15) is 6.07 Å². The van der Waals surface area contributed by atoms with Crippen molar-refractivity contribution in [2.75, 3.05) is 0 Å². The number of hydrogen-bond acceptors (Lipinski definition) is 4. The van der Waals surface area contributed by atoms with E-state index in [4.69, 9.17) is 4.98 Å². The molecular weight excluding hydrogens is 901 g/mol. The Bertz CT molecular complexity index is 2210. The molecule has 0 aliphatic heterocycles. The molecule has 0 atom stereocenters. The van der Waals surface area contributed by atoms with Crippen LogP contribution in [-0.2, 0) is 30.3 Å². The molecule has 0 aliphatic rings. The number of pyridine rings is 1. The largest absolute Gasteiger partial charge is 0.512 e. The number of hydrogen-bond donors (Lipinski definition) is 1. The number of aromatic nitrogens is 1. The van der Waals surface area contributed by atoms with Gasteiger partial charge < -0.3 is 5.11 Å². The molecule has 0 amide bonds. The average molecular weight is 968 g/mol. The molecule has 5 heteroatoms. The predicted octanol–water partition coefficient (Wildman–Crippen LogP) is 15.4. The summed E-state index contributed by atoms with van der Waals surface area (Å²) >= 11 is 0. The van der Waals surface area contributed by atoms with E-state index in [2.05, 4.69) is 147 Å². The third-order valence-corrected chi connectivity index (χ3v) is 11.6. The zero-order valence-electron chi connectivity index (χ0n) is 37.9. The van der Waals surface area contributed by atoms with E-state index in [0.29, 0.717) is 23.3 Å². The molecule has 59 heavy (non-hydrogen) atoms. The normalized spacial score (nSPS) is 11.9. The van der Waals surface area contributed by atoms with E-state index in [9.17, 15) is 15.2 Å². The second-order valence-electron chi connectivity index (χ2n) is 17.7. The molecule has 1 N–H and O–H groups in total. The molecule has 0 bridgehead atoms. The maximum absolute atomic E-state index is 11.7. The van der Waals surface area contributed by atoms with Gasteiger partial charge in [-0.3, -0.25) is 9.78 Å². The van der Waals surface area contributed by atoms with Crippen molar-refractivity contribution in [2.24, 2.45) is 11.8 Å². The zero-order chi connectivity index (χ0) is 42.9. The van der Waals surface area contributed by atoms with Gasteiger partial charge in [-0.25, -0.2) is 0 Å². The van der Waals surface area contributed by atoms with Crippen LogP contribution in [0.4, 0.5) is 0 Å². The first kappa shape index (κ1) is 49.0. The molecular formula is C54H67IrN2O2-. The minimum absolute atomic E-state index is 0. The number of aliphatic hydroxyl groups is 1. The van der Waals surface area contributed by atoms with E-state index in [-0.39, 0.29) is 48.9 Å². The van der Waals surface area contributed by atoms with E-state index < -0.39 is 0 Å². The smallest absolute Gasteiger partial charge is 0.162 e. The van der Waals surface area contributed by atoms with Crippen LogP contribution in [0.3, 0.4) is 0 Å². The third kappa shape index (κ3) is 11.9. The number of nitrogens with zero attached hydrogens (tertiary/aromatic N) is 2. The molecule has 0 fully saturated rings. The van der Waals surface area contributed by atoms with Crippen LogP contribution >= 0.6 is 0 Å². The number of allylic oxidation sites excluding steroid dienone is 2. The number of carbonyl (C=O) groups is 1. The first-order valence-corrected chi connectivity index (χ1v) is 21.6. The molecule has 0 saturated carbocycles. The van der Waals surface area contributed by atoms with E-state index in [0.717, 1.165) is 53.5 Å². The van der Waals surface area contributed by atoms with Gasteiger partial charge in [0.15, 0.2) is 5.78 Å². The Kier molecular flexibility index (Phi) is 18.1. The average Bonchev–Trinajstić information content (AvgIpc) is 3.20. The molecule has 5 aromatic rings. The Morgan fingerprint density at radius 3 is 1.81 bits per heavy atom. The molecule has 4 aromatic carbocycles. The van der Waals surface area contributed by atoms with Crippen LogP contribution in [0.2, 0.25) is 0 Å². The summed E-state index contributed by atoms with van der Waals surface area (Å²) < 4.78 is 0. The Balaban J connectivity index is 0.000000496. The van der Waals surface area contributed by atoms with Crippen molar-refractivity contribution in [1.82, 2.24) is 4.98 Å². The maximum Gasteiger partial charge on any atom is 0.162 e. The van der Waals surface area contributed by atoms with Crippen LogP contribution in [0.5, 0.6) is 0 Å². The number of nitriles is 1. The quantitative estimate of drug-likeness (QED) is 0.0725. The minimum atomic E-state index is -0.0360. The number of rotatable bonds is 13. The molecule has 0 aliphatic carbocycles. The van der Waals surface area contributed by atoms with Crippen molar-refractivity contribution in [2.45, 2.75) is 139 Å². The fourth-order valence-electron chi connectivity index (χ4n) is 7.80. The standard InChI is InChI=1S/C41H43N2.C13H24O2.Ir/c1-25(2)31-19-35(26(3)4)40(36(20-31)27(5)6)29-16-14-28(15-17-29)37-22-39(43-24-33(37)23-42)32-18-30-12-10-11-13-34(30)38(21-32)41(7,8)9;1-5-10(6-2)12(14)9-13(15)11(7-3)8-4;/h10-17,19-22,24-27H,1-9H3;9-11,14H,5-8H2,1-4H3;/q-1;;/b;12-9-;. The number of aliphatic hydroxyl groups excluding tert-OH is 1. The number of fused-ring (bicyclic) bond motifs is 1. The predicted molar refractivity (Wildman–Crippen MR) is 246 cm³/mol. The van der Waals surface area contributed by atoms with Crippen LogP contribution < -0.4 is 0 Å². The van der Waals surface area contributed by atoms with E-state index in [1.165, 1.54) is 44.8 Å². The van der Waals surface area contributed by atoms with Gasteiger partial charge in [-0.05, 0) is 87.8 Å².